The van der Waals surface area contributed by atoms with Crippen LogP contribution in [0.5, 0.6) is 5.75 Å². The summed E-state index contributed by atoms with van der Waals surface area (Å²) in [5.41, 5.74) is 4.36. The number of piperidine rings is 1. The number of unbranched alkanes of at least 4 members (excludes halogenated alkanes) is 4. The van der Waals surface area contributed by atoms with Gasteiger partial charge in [-0.1, -0.05) is 88.1 Å². The van der Waals surface area contributed by atoms with E-state index in [0.29, 0.717) is 17.1 Å². The quantitative estimate of drug-likeness (QED) is 0.145. The van der Waals surface area contributed by atoms with E-state index in [4.69, 9.17) is 4.74 Å². The van der Waals surface area contributed by atoms with Gasteiger partial charge in [0, 0.05) is 66.3 Å². The van der Waals surface area contributed by atoms with Gasteiger partial charge in [-0.3, -0.25) is 0 Å². The lowest BCUT2D eigenvalue weighted by Gasteiger charge is -2.35. The maximum absolute atomic E-state index is 15.1. The van der Waals surface area contributed by atoms with E-state index in [1.54, 1.807) is 6.07 Å². The molecule has 1 unspecified atom stereocenters. The molecule has 6 rings (SSSR count). The Morgan fingerprint density at radius 1 is 0.761 bits per heavy atom. The van der Waals surface area contributed by atoms with Crippen molar-refractivity contribution in [1.82, 2.24) is 0 Å². The average Bonchev–Trinajstić information content (AvgIpc) is 3.08. The third-order valence-electron chi connectivity index (χ3n) is 9.90. The number of ether oxygens (including phenoxy) is 1. The number of hydrogen-bond donors (Lipinski definition) is 0. The van der Waals surface area contributed by atoms with E-state index >= 15 is 8.42 Å². The first-order valence-electron chi connectivity index (χ1n) is 17.5. The van der Waals surface area contributed by atoms with Gasteiger partial charge < -0.3 is 14.5 Å². The van der Waals surface area contributed by atoms with Crippen LogP contribution in [-0.4, -0.2) is 41.0 Å². The molecule has 2 aliphatic rings. The summed E-state index contributed by atoms with van der Waals surface area (Å²) in [4.78, 5) is 4.87. The van der Waals surface area contributed by atoms with Gasteiger partial charge in [-0.05, 0) is 73.6 Å². The van der Waals surface area contributed by atoms with Crippen molar-refractivity contribution in [2.75, 3.05) is 37.0 Å². The lowest BCUT2D eigenvalue weighted by atomic mass is 9.86. The molecule has 46 heavy (non-hydrogen) atoms. The number of benzene rings is 4. The molecule has 1 fully saturated rings. The molecule has 0 spiro atoms. The van der Waals surface area contributed by atoms with E-state index in [0.717, 1.165) is 91.3 Å². The van der Waals surface area contributed by atoms with Crippen LogP contribution in [0.15, 0.2) is 77.2 Å². The number of sulfone groups is 1. The number of nitrogens with zero attached hydrogens (tertiary/aromatic N) is 2. The molecule has 0 radical (unpaired) electrons. The smallest absolute Gasteiger partial charge is 0.225 e. The first-order chi connectivity index (χ1) is 22.4. The second kappa shape index (κ2) is 14.1. The molecule has 1 saturated heterocycles. The molecule has 4 aromatic carbocycles. The molecule has 2 heterocycles. The molecule has 5 nitrogen and oxygen atoms in total. The largest absolute Gasteiger partial charge is 0.469 e. The Kier molecular flexibility index (Phi) is 9.93. The number of rotatable bonds is 12. The van der Waals surface area contributed by atoms with Crippen LogP contribution in [0.1, 0.15) is 90.0 Å². The Bertz CT molecular complexity index is 1840. The molecule has 0 bridgehead atoms. The minimum atomic E-state index is -3.93. The number of anilines is 2. The molecule has 0 N–H and O–H groups in total. The monoisotopic (exact) mass is 638 g/mol. The Balaban J connectivity index is 1.59. The fourth-order valence-corrected chi connectivity index (χ4v) is 9.41. The summed E-state index contributed by atoms with van der Waals surface area (Å²) in [6.07, 6.45) is 11.5. The molecule has 0 amide bonds. The topological polar surface area (TPSA) is 49.9 Å². The van der Waals surface area contributed by atoms with Crippen molar-refractivity contribution in [1.29, 1.82) is 0 Å². The zero-order valence-corrected chi connectivity index (χ0v) is 29.0. The summed E-state index contributed by atoms with van der Waals surface area (Å²) >= 11 is 0. The highest BCUT2D eigenvalue weighted by Crippen LogP contribution is 2.49. The van der Waals surface area contributed by atoms with Gasteiger partial charge in [-0.15, -0.1) is 0 Å². The van der Waals surface area contributed by atoms with Gasteiger partial charge >= 0.3 is 0 Å². The van der Waals surface area contributed by atoms with Crippen molar-refractivity contribution < 1.29 is 13.2 Å². The lowest BCUT2D eigenvalue weighted by molar-refractivity contribution is 0.294. The molecule has 0 saturated carbocycles. The van der Waals surface area contributed by atoms with Crippen LogP contribution in [0, 0.1) is 0 Å². The Morgan fingerprint density at radius 2 is 1.41 bits per heavy atom. The first-order valence-corrected chi connectivity index (χ1v) is 19.0. The zero-order chi connectivity index (χ0) is 32.3. The summed E-state index contributed by atoms with van der Waals surface area (Å²) in [6.45, 7) is 6.45. The molecular formula is C40H50N2O3S. The maximum atomic E-state index is 15.1. The van der Waals surface area contributed by atoms with E-state index in [1.807, 2.05) is 49.3 Å². The fourth-order valence-electron chi connectivity index (χ4n) is 7.56. The predicted octanol–water partition coefficient (Wildman–Crippen LogP) is 10.2. The second-order valence-electron chi connectivity index (χ2n) is 13.3. The molecule has 6 heteroatoms. The minimum absolute atomic E-state index is 0.347. The van der Waals surface area contributed by atoms with Crippen molar-refractivity contribution in [2.45, 2.75) is 94.8 Å². The summed E-state index contributed by atoms with van der Waals surface area (Å²) in [5, 5.41) is 4.09. The Hall–Kier alpha value is -3.51. The summed E-state index contributed by atoms with van der Waals surface area (Å²) in [6, 6.07) is 22.5. The van der Waals surface area contributed by atoms with Crippen LogP contribution in [-0.2, 0) is 9.84 Å². The van der Waals surface area contributed by atoms with Crippen LogP contribution in [0.25, 0.3) is 27.1 Å². The van der Waals surface area contributed by atoms with Gasteiger partial charge in [0.25, 0.3) is 0 Å². The predicted molar refractivity (Wildman–Crippen MR) is 195 cm³/mol. The van der Waals surface area contributed by atoms with E-state index in [9.17, 15) is 0 Å². The fraction of sp³-hybridized carbons (Fsp3) is 0.450. The van der Waals surface area contributed by atoms with E-state index < -0.39 is 15.3 Å². The van der Waals surface area contributed by atoms with Gasteiger partial charge in [-0.25, -0.2) is 8.42 Å². The Labute approximate surface area is 276 Å². The molecule has 0 aliphatic carbocycles. The summed E-state index contributed by atoms with van der Waals surface area (Å²) in [5.74, 6) is 0.716. The maximum Gasteiger partial charge on any atom is 0.225 e. The normalized spacial score (nSPS) is 17.0. The van der Waals surface area contributed by atoms with Crippen molar-refractivity contribution >= 4 is 48.3 Å². The molecule has 4 aromatic rings. The van der Waals surface area contributed by atoms with Gasteiger partial charge in [-0.2, -0.15) is 0 Å². The van der Waals surface area contributed by atoms with Crippen LogP contribution < -0.4 is 14.5 Å². The van der Waals surface area contributed by atoms with Crippen molar-refractivity contribution in [2.24, 2.45) is 0 Å². The van der Waals surface area contributed by atoms with Gasteiger partial charge in [0.05, 0.1) is 4.90 Å². The summed E-state index contributed by atoms with van der Waals surface area (Å²) in [7, 11) is 0.0702. The highest BCUT2D eigenvalue weighted by Gasteiger charge is 2.40. The minimum Gasteiger partial charge on any atom is -0.469 e. The number of allylic oxidation sites excluding steroid dienone is 1. The number of fused-ring (bicyclic) bond motifs is 4. The van der Waals surface area contributed by atoms with Crippen LogP contribution >= 0.6 is 0 Å². The van der Waals surface area contributed by atoms with Crippen LogP contribution in [0.4, 0.5) is 11.4 Å². The van der Waals surface area contributed by atoms with E-state index in [-0.39, 0.29) is 0 Å². The van der Waals surface area contributed by atoms with Gasteiger partial charge in [0.1, 0.15) is 5.75 Å². The van der Waals surface area contributed by atoms with Crippen LogP contribution in [0.2, 0.25) is 0 Å². The third kappa shape index (κ3) is 6.13. The molecule has 1 atom stereocenters. The molecule has 244 valence electrons. The number of hydrogen-bond acceptors (Lipinski definition) is 5. The SMILES string of the molecule is CCCCCC1=C(CCCCC)C(S(=O)(=O)c2cccc3c(N(C)C)cccc23)Oc2cc(N3CCCCC3)c3ccccc3c21. The standard InChI is InChI=1S/C40H50N2O3S/c1-5-7-10-19-33-34(21-11-8-6-2)40(46(43,44)38-25-17-22-29-31(38)23-16-24-35(29)41(3)4)45-37-28-36(42-26-14-9-15-27-42)30-18-12-13-20-32(30)39(33)37/h12-13,16-18,20,22-25,28,40H,5-11,14-15,19,21,26-27H2,1-4H3. The molecule has 2 aliphatic heterocycles. The average molecular weight is 639 g/mol. The lowest BCUT2D eigenvalue weighted by Crippen LogP contribution is -2.34. The van der Waals surface area contributed by atoms with E-state index in [1.165, 1.54) is 35.6 Å². The molecule has 0 aromatic heterocycles. The molecular weight excluding hydrogens is 589 g/mol. The van der Waals surface area contributed by atoms with Crippen molar-refractivity contribution in [3.8, 4) is 5.75 Å². The van der Waals surface area contributed by atoms with Crippen molar-refractivity contribution in [3.63, 3.8) is 0 Å². The first kappa shape index (κ1) is 32.4. The zero-order valence-electron chi connectivity index (χ0n) is 28.1. The second-order valence-corrected chi connectivity index (χ2v) is 15.3. The van der Waals surface area contributed by atoms with Crippen LogP contribution in [0.3, 0.4) is 0 Å². The van der Waals surface area contributed by atoms with Gasteiger partial charge in [0.2, 0.25) is 15.3 Å². The van der Waals surface area contributed by atoms with Crippen molar-refractivity contribution in [3.05, 3.63) is 77.9 Å². The van der Waals surface area contributed by atoms with Gasteiger partial charge in [0.15, 0.2) is 0 Å². The third-order valence-corrected chi connectivity index (χ3v) is 11.8. The van der Waals surface area contributed by atoms with E-state index in [2.05, 4.69) is 49.1 Å². The summed E-state index contributed by atoms with van der Waals surface area (Å²) < 4.78 is 37.1. The Morgan fingerprint density at radius 3 is 2.13 bits per heavy atom. The highest BCUT2D eigenvalue weighted by molar-refractivity contribution is 7.92. The highest BCUT2D eigenvalue weighted by atomic mass is 32.2.